The molecule has 1 amide bonds. The summed E-state index contributed by atoms with van der Waals surface area (Å²) in [6.45, 7) is -0.310. The number of nitrogens with zero attached hydrogens (tertiary/aromatic N) is 3. The number of halogens is 2. The number of furan rings is 1. The van der Waals surface area contributed by atoms with Gasteiger partial charge in [0.15, 0.2) is 0 Å². The summed E-state index contributed by atoms with van der Waals surface area (Å²) in [4.78, 5) is 32.4. The van der Waals surface area contributed by atoms with Crippen molar-refractivity contribution in [3.63, 3.8) is 0 Å². The van der Waals surface area contributed by atoms with Crippen molar-refractivity contribution in [2.24, 2.45) is 0 Å². The van der Waals surface area contributed by atoms with E-state index in [1.54, 1.807) is 24.3 Å². The zero-order valence-corrected chi connectivity index (χ0v) is 17.3. The van der Waals surface area contributed by atoms with Gasteiger partial charge in [0.1, 0.15) is 29.3 Å². The third kappa shape index (κ3) is 3.56. The molecule has 5 aromatic rings. The number of carbonyl (C=O) groups is 1. The lowest BCUT2D eigenvalue weighted by molar-refractivity contribution is -0.119. The molecular weight excluding hydrogens is 436 g/mol. The van der Waals surface area contributed by atoms with Gasteiger partial charge in [0.05, 0.1) is 18.6 Å². The fourth-order valence-electron chi connectivity index (χ4n) is 3.53. The average molecular weight is 451 g/mol. The van der Waals surface area contributed by atoms with Crippen LogP contribution < -0.4 is 10.5 Å². The number of hydrogen-bond donors (Lipinski definition) is 0. The van der Waals surface area contributed by atoms with Gasteiger partial charge in [-0.3, -0.25) is 14.2 Å². The van der Waals surface area contributed by atoms with Gasteiger partial charge in [0, 0.05) is 16.3 Å². The van der Waals surface area contributed by atoms with Gasteiger partial charge in [-0.05, 0) is 35.7 Å². The Labute approximate surface area is 184 Å². The van der Waals surface area contributed by atoms with E-state index in [0.29, 0.717) is 16.5 Å². The van der Waals surface area contributed by atoms with E-state index >= 15 is 0 Å². The van der Waals surface area contributed by atoms with Crippen LogP contribution in [0.15, 0.2) is 75.5 Å². The Morgan fingerprint density at radius 1 is 1.12 bits per heavy atom. The second-order valence-corrected chi connectivity index (χ2v) is 8.14. The Bertz CT molecular complexity index is 1510. The van der Waals surface area contributed by atoms with Crippen molar-refractivity contribution in [2.75, 3.05) is 4.90 Å². The second-order valence-electron chi connectivity index (χ2n) is 7.11. The van der Waals surface area contributed by atoms with E-state index in [2.05, 4.69) is 4.98 Å². The number of thiophene rings is 1. The topological polar surface area (TPSA) is 68.3 Å². The van der Waals surface area contributed by atoms with Crippen LogP contribution in [-0.4, -0.2) is 15.5 Å². The Kier molecular flexibility index (Phi) is 5.02. The van der Waals surface area contributed by atoms with Crippen molar-refractivity contribution < 1.29 is 18.0 Å². The molecule has 6 nitrogen and oxygen atoms in total. The summed E-state index contributed by atoms with van der Waals surface area (Å²) in [5.74, 6) is -2.16. The standard InChI is InChI=1S/C23H15F2N3O3S/c24-14-7-8-18(17(25)10-14)28(11-15-4-3-9-32-15)20(29)12-27-13-26-21-16-5-1-2-6-19(16)31-22(21)23(27)30/h1-10,13H,11-12H2. The molecule has 0 spiro atoms. The molecule has 160 valence electrons. The summed E-state index contributed by atoms with van der Waals surface area (Å²) >= 11 is 1.40. The summed E-state index contributed by atoms with van der Waals surface area (Å²) in [5, 5.41) is 2.54. The SMILES string of the molecule is O=C(Cn1cnc2c(oc3ccccc32)c1=O)N(Cc1cccs1)c1ccc(F)cc1F. The lowest BCUT2D eigenvalue weighted by atomic mass is 10.2. The monoisotopic (exact) mass is 451 g/mol. The molecule has 3 aromatic heterocycles. The van der Waals surface area contributed by atoms with Crippen LogP contribution in [0, 0.1) is 11.6 Å². The van der Waals surface area contributed by atoms with Crippen molar-refractivity contribution >= 4 is 45.0 Å². The lowest BCUT2D eigenvalue weighted by Crippen LogP contribution is -2.36. The van der Waals surface area contributed by atoms with Gasteiger partial charge >= 0.3 is 0 Å². The zero-order chi connectivity index (χ0) is 22.2. The number of rotatable bonds is 5. The third-order valence-electron chi connectivity index (χ3n) is 5.05. The molecule has 0 radical (unpaired) electrons. The number of hydrogen-bond acceptors (Lipinski definition) is 5. The minimum Gasteiger partial charge on any atom is -0.448 e. The summed E-state index contributed by atoms with van der Waals surface area (Å²) in [5.41, 5.74) is 0.378. The van der Waals surface area contributed by atoms with Crippen molar-refractivity contribution in [3.8, 4) is 0 Å². The molecule has 0 aliphatic heterocycles. The molecule has 0 aliphatic rings. The predicted octanol–water partition coefficient (Wildman–Crippen LogP) is 4.72. The molecule has 0 fully saturated rings. The van der Waals surface area contributed by atoms with Crippen molar-refractivity contribution in [2.45, 2.75) is 13.1 Å². The van der Waals surface area contributed by atoms with Crippen LogP contribution in [0.5, 0.6) is 0 Å². The van der Waals surface area contributed by atoms with Gasteiger partial charge < -0.3 is 9.32 Å². The van der Waals surface area contributed by atoms with Gasteiger partial charge in [-0.2, -0.15) is 0 Å². The van der Waals surface area contributed by atoms with Crippen LogP contribution in [0.1, 0.15) is 4.88 Å². The molecule has 0 bridgehead atoms. The normalized spacial score (nSPS) is 11.3. The highest BCUT2D eigenvalue weighted by Crippen LogP contribution is 2.26. The third-order valence-corrected chi connectivity index (χ3v) is 5.91. The van der Waals surface area contributed by atoms with Gasteiger partial charge in [-0.15, -0.1) is 11.3 Å². The number of anilines is 1. The van der Waals surface area contributed by atoms with Crippen molar-refractivity contribution in [1.29, 1.82) is 0 Å². The molecule has 9 heteroatoms. The molecule has 32 heavy (non-hydrogen) atoms. The molecule has 0 atom stereocenters. The lowest BCUT2D eigenvalue weighted by Gasteiger charge is -2.23. The number of carbonyl (C=O) groups excluding carboxylic acids is 1. The van der Waals surface area contributed by atoms with E-state index in [-0.39, 0.29) is 24.4 Å². The van der Waals surface area contributed by atoms with Gasteiger partial charge in [0.25, 0.3) is 5.56 Å². The number of para-hydroxylation sites is 1. The van der Waals surface area contributed by atoms with Crippen LogP contribution in [-0.2, 0) is 17.9 Å². The first-order valence-corrected chi connectivity index (χ1v) is 10.5. The highest BCUT2D eigenvalue weighted by molar-refractivity contribution is 7.09. The molecule has 0 unspecified atom stereocenters. The summed E-state index contributed by atoms with van der Waals surface area (Å²) in [7, 11) is 0. The first-order chi connectivity index (χ1) is 15.5. The van der Waals surface area contributed by atoms with Crippen molar-refractivity contribution in [1.82, 2.24) is 9.55 Å². The molecule has 0 aliphatic carbocycles. The van der Waals surface area contributed by atoms with Gasteiger partial charge in [-0.1, -0.05) is 18.2 Å². The summed E-state index contributed by atoms with van der Waals surface area (Å²) in [6.07, 6.45) is 1.27. The van der Waals surface area contributed by atoms with E-state index in [4.69, 9.17) is 4.42 Å². The number of amides is 1. The molecule has 3 heterocycles. The van der Waals surface area contributed by atoms with E-state index in [1.165, 1.54) is 28.6 Å². The molecular formula is C23H15F2N3O3S. The molecule has 0 saturated heterocycles. The smallest absolute Gasteiger partial charge is 0.297 e. The maximum Gasteiger partial charge on any atom is 0.297 e. The van der Waals surface area contributed by atoms with Gasteiger partial charge in [-0.25, -0.2) is 13.8 Å². The molecule has 5 rings (SSSR count). The first-order valence-electron chi connectivity index (χ1n) is 9.66. The fraction of sp³-hybridized carbons (Fsp3) is 0.0870. The quantitative estimate of drug-likeness (QED) is 0.388. The van der Waals surface area contributed by atoms with Crippen LogP contribution in [0.2, 0.25) is 0 Å². The Morgan fingerprint density at radius 3 is 2.75 bits per heavy atom. The fourth-order valence-corrected chi connectivity index (χ4v) is 4.22. The van der Waals surface area contributed by atoms with Crippen LogP contribution in [0.25, 0.3) is 22.1 Å². The maximum atomic E-state index is 14.5. The van der Waals surface area contributed by atoms with E-state index in [1.807, 2.05) is 17.5 Å². The number of aromatic nitrogens is 2. The van der Waals surface area contributed by atoms with Crippen molar-refractivity contribution in [3.05, 3.63) is 93.2 Å². The Balaban J connectivity index is 1.52. The minimum atomic E-state index is -0.867. The Morgan fingerprint density at radius 2 is 1.97 bits per heavy atom. The van der Waals surface area contributed by atoms with Crippen LogP contribution >= 0.6 is 11.3 Å². The summed E-state index contributed by atoms with van der Waals surface area (Å²) < 4.78 is 34.7. The average Bonchev–Trinajstić information content (AvgIpc) is 3.42. The second kappa shape index (κ2) is 8.01. The van der Waals surface area contributed by atoms with Crippen LogP contribution in [0.3, 0.4) is 0 Å². The maximum absolute atomic E-state index is 14.5. The highest BCUT2D eigenvalue weighted by Gasteiger charge is 2.22. The first kappa shape index (κ1) is 20.1. The van der Waals surface area contributed by atoms with Gasteiger partial charge in [0.2, 0.25) is 11.5 Å². The van der Waals surface area contributed by atoms with E-state index in [0.717, 1.165) is 21.6 Å². The highest BCUT2D eigenvalue weighted by atomic mass is 32.1. The predicted molar refractivity (Wildman–Crippen MR) is 118 cm³/mol. The number of benzene rings is 2. The zero-order valence-electron chi connectivity index (χ0n) is 16.5. The number of fused-ring (bicyclic) bond motifs is 3. The molecule has 0 saturated carbocycles. The van der Waals surface area contributed by atoms with E-state index in [9.17, 15) is 18.4 Å². The molecule has 0 N–H and O–H groups in total. The Hall–Kier alpha value is -3.85. The van der Waals surface area contributed by atoms with E-state index < -0.39 is 23.1 Å². The minimum absolute atomic E-state index is 0.0410. The molecule has 2 aromatic carbocycles. The van der Waals surface area contributed by atoms with Crippen LogP contribution in [0.4, 0.5) is 14.5 Å². The summed E-state index contributed by atoms with van der Waals surface area (Å²) in [6, 6.07) is 13.8. The largest absolute Gasteiger partial charge is 0.448 e.